The lowest BCUT2D eigenvalue weighted by Gasteiger charge is -2.23. The van der Waals surface area contributed by atoms with E-state index in [9.17, 15) is 8.42 Å². The molecule has 0 radical (unpaired) electrons. The van der Waals surface area contributed by atoms with Crippen LogP contribution >= 0.6 is 0 Å². The number of hydrogen-bond donors (Lipinski definition) is 2. The Hall–Kier alpha value is -0.990. The highest BCUT2D eigenvalue weighted by Gasteiger charge is 2.21. The SMILES string of the molecule is O=S(=O)(NCC1COCCO1)c1ccccc1CO. The molecular formula is C12H17NO5S. The van der Waals surface area contributed by atoms with Gasteiger partial charge in [0, 0.05) is 6.54 Å². The topological polar surface area (TPSA) is 84.9 Å². The molecule has 2 rings (SSSR count). The van der Waals surface area contributed by atoms with Crippen LogP contribution in [0.4, 0.5) is 0 Å². The summed E-state index contributed by atoms with van der Waals surface area (Å²) in [6, 6.07) is 6.34. The lowest BCUT2D eigenvalue weighted by atomic mass is 10.2. The minimum Gasteiger partial charge on any atom is -0.392 e. The predicted octanol–water partition coefficient (Wildman–Crippen LogP) is -0.127. The van der Waals surface area contributed by atoms with Crippen LogP contribution in [0.2, 0.25) is 0 Å². The maximum absolute atomic E-state index is 12.1. The Balaban J connectivity index is 2.05. The van der Waals surface area contributed by atoms with E-state index in [1.165, 1.54) is 6.07 Å². The largest absolute Gasteiger partial charge is 0.392 e. The van der Waals surface area contributed by atoms with Crippen molar-refractivity contribution in [1.82, 2.24) is 4.72 Å². The summed E-state index contributed by atoms with van der Waals surface area (Å²) in [4.78, 5) is 0.0919. The van der Waals surface area contributed by atoms with Crippen molar-refractivity contribution < 1.29 is 23.0 Å². The zero-order valence-electron chi connectivity index (χ0n) is 10.4. The molecule has 1 unspecified atom stereocenters. The number of rotatable bonds is 5. The molecule has 0 spiro atoms. The lowest BCUT2D eigenvalue weighted by Crippen LogP contribution is -2.39. The lowest BCUT2D eigenvalue weighted by molar-refractivity contribution is -0.0846. The first-order valence-corrected chi connectivity index (χ1v) is 7.49. The molecular weight excluding hydrogens is 270 g/mol. The van der Waals surface area contributed by atoms with Gasteiger partial charge < -0.3 is 14.6 Å². The normalized spacial score (nSPS) is 20.4. The molecule has 7 heteroatoms. The van der Waals surface area contributed by atoms with Crippen LogP contribution in [0.5, 0.6) is 0 Å². The van der Waals surface area contributed by atoms with Crippen molar-refractivity contribution in [3.63, 3.8) is 0 Å². The fourth-order valence-corrected chi connectivity index (χ4v) is 3.13. The third-order valence-electron chi connectivity index (χ3n) is 2.82. The maximum Gasteiger partial charge on any atom is 0.241 e. The molecule has 1 aromatic carbocycles. The van der Waals surface area contributed by atoms with Crippen molar-refractivity contribution in [2.24, 2.45) is 0 Å². The van der Waals surface area contributed by atoms with Crippen molar-refractivity contribution in [1.29, 1.82) is 0 Å². The number of hydrogen-bond acceptors (Lipinski definition) is 5. The van der Waals surface area contributed by atoms with Crippen molar-refractivity contribution in [2.75, 3.05) is 26.4 Å². The Morgan fingerprint density at radius 1 is 1.32 bits per heavy atom. The monoisotopic (exact) mass is 287 g/mol. The predicted molar refractivity (Wildman–Crippen MR) is 68.1 cm³/mol. The first kappa shape index (κ1) is 14.4. The van der Waals surface area contributed by atoms with Crippen LogP contribution in [0.25, 0.3) is 0 Å². The molecule has 0 bridgehead atoms. The Morgan fingerprint density at radius 3 is 2.79 bits per heavy atom. The minimum atomic E-state index is -3.65. The van der Waals surface area contributed by atoms with E-state index < -0.39 is 10.0 Å². The number of benzene rings is 1. The van der Waals surface area contributed by atoms with Gasteiger partial charge in [0.15, 0.2) is 0 Å². The second-order valence-electron chi connectivity index (χ2n) is 4.19. The Labute approximate surface area is 112 Å². The van der Waals surface area contributed by atoms with E-state index in [0.717, 1.165) is 0 Å². The van der Waals surface area contributed by atoms with Crippen LogP contribution in [0, 0.1) is 0 Å². The van der Waals surface area contributed by atoms with Gasteiger partial charge in [-0.2, -0.15) is 0 Å². The van der Waals surface area contributed by atoms with Crippen LogP contribution in [0.3, 0.4) is 0 Å². The van der Waals surface area contributed by atoms with Gasteiger partial charge in [-0.3, -0.25) is 0 Å². The second kappa shape index (κ2) is 6.44. The first-order valence-electron chi connectivity index (χ1n) is 6.01. The fourth-order valence-electron chi connectivity index (χ4n) is 1.83. The number of aliphatic hydroxyl groups is 1. The maximum atomic E-state index is 12.1. The standard InChI is InChI=1S/C12H17NO5S/c14-8-10-3-1-2-4-12(10)19(15,16)13-7-11-9-17-5-6-18-11/h1-4,11,13-14H,5-9H2. The van der Waals surface area contributed by atoms with Crippen LogP contribution in [0.1, 0.15) is 5.56 Å². The molecule has 1 saturated heterocycles. The third kappa shape index (κ3) is 3.74. The summed E-state index contributed by atoms with van der Waals surface area (Å²) < 4.78 is 37.3. The van der Waals surface area contributed by atoms with E-state index in [1.807, 2.05) is 0 Å². The van der Waals surface area contributed by atoms with Crippen LogP contribution in [-0.2, 0) is 26.1 Å². The van der Waals surface area contributed by atoms with E-state index in [0.29, 0.717) is 25.4 Å². The second-order valence-corrected chi connectivity index (χ2v) is 5.92. The van der Waals surface area contributed by atoms with Crippen molar-refractivity contribution in [2.45, 2.75) is 17.6 Å². The molecule has 1 aliphatic rings. The highest BCUT2D eigenvalue weighted by atomic mass is 32.2. The molecule has 0 aromatic heterocycles. The molecule has 2 N–H and O–H groups in total. The summed E-state index contributed by atoms with van der Waals surface area (Å²) >= 11 is 0. The van der Waals surface area contributed by atoms with E-state index in [1.54, 1.807) is 18.2 Å². The molecule has 0 aliphatic carbocycles. The van der Waals surface area contributed by atoms with Gasteiger partial charge in [-0.25, -0.2) is 13.1 Å². The molecule has 0 amide bonds. The molecule has 1 aromatic rings. The Morgan fingerprint density at radius 2 is 2.11 bits per heavy atom. The highest BCUT2D eigenvalue weighted by Crippen LogP contribution is 2.15. The molecule has 1 fully saturated rings. The van der Waals surface area contributed by atoms with Crippen molar-refractivity contribution >= 4 is 10.0 Å². The van der Waals surface area contributed by atoms with Crippen molar-refractivity contribution in [3.8, 4) is 0 Å². The fraction of sp³-hybridized carbons (Fsp3) is 0.500. The quantitative estimate of drug-likeness (QED) is 0.788. The minimum absolute atomic E-state index is 0.0919. The zero-order chi connectivity index (χ0) is 13.7. The van der Waals surface area contributed by atoms with Gasteiger partial charge in [0.05, 0.1) is 37.4 Å². The molecule has 0 saturated carbocycles. The average Bonchev–Trinajstić information content (AvgIpc) is 2.46. The molecule has 1 heterocycles. The van der Waals surface area contributed by atoms with E-state index in [4.69, 9.17) is 14.6 Å². The highest BCUT2D eigenvalue weighted by molar-refractivity contribution is 7.89. The van der Waals surface area contributed by atoms with E-state index in [2.05, 4.69) is 4.72 Å². The zero-order valence-corrected chi connectivity index (χ0v) is 11.2. The van der Waals surface area contributed by atoms with Gasteiger partial charge in [-0.1, -0.05) is 18.2 Å². The number of ether oxygens (including phenoxy) is 2. The van der Waals surface area contributed by atoms with Gasteiger partial charge in [-0.05, 0) is 11.6 Å². The summed E-state index contributed by atoms with van der Waals surface area (Å²) in [5.74, 6) is 0. The average molecular weight is 287 g/mol. The molecule has 106 valence electrons. The Bertz CT molecular complexity index is 511. The molecule has 1 atom stereocenters. The Kier molecular flexibility index (Phi) is 4.89. The van der Waals surface area contributed by atoms with Gasteiger partial charge in [0.1, 0.15) is 0 Å². The summed E-state index contributed by atoms with van der Waals surface area (Å²) in [6.07, 6.45) is -0.273. The summed E-state index contributed by atoms with van der Waals surface area (Å²) in [7, 11) is -3.65. The molecule has 19 heavy (non-hydrogen) atoms. The summed E-state index contributed by atoms with van der Waals surface area (Å²) in [5, 5.41) is 9.16. The number of aliphatic hydroxyl groups excluding tert-OH is 1. The molecule has 6 nitrogen and oxygen atoms in total. The smallest absolute Gasteiger partial charge is 0.241 e. The van der Waals surface area contributed by atoms with Crippen LogP contribution in [0.15, 0.2) is 29.2 Å². The first-order chi connectivity index (χ1) is 9.13. The van der Waals surface area contributed by atoms with Crippen LogP contribution < -0.4 is 4.72 Å². The van der Waals surface area contributed by atoms with Crippen LogP contribution in [-0.4, -0.2) is 46.0 Å². The number of sulfonamides is 1. The van der Waals surface area contributed by atoms with Gasteiger partial charge in [-0.15, -0.1) is 0 Å². The van der Waals surface area contributed by atoms with E-state index in [-0.39, 0.29) is 24.2 Å². The van der Waals surface area contributed by atoms with Gasteiger partial charge >= 0.3 is 0 Å². The summed E-state index contributed by atoms with van der Waals surface area (Å²) in [6.45, 7) is 1.22. The third-order valence-corrected chi connectivity index (χ3v) is 4.34. The number of nitrogens with one attached hydrogen (secondary N) is 1. The summed E-state index contributed by atoms with van der Waals surface area (Å²) in [5.41, 5.74) is 0.371. The van der Waals surface area contributed by atoms with Gasteiger partial charge in [0.2, 0.25) is 10.0 Å². The van der Waals surface area contributed by atoms with Crippen molar-refractivity contribution in [3.05, 3.63) is 29.8 Å². The van der Waals surface area contributed by atoms with E-state index >= 15 is 0 Å². The van der Waals surface area contributed by atoms with Gasteiger partial charge in [0.25, 0.3) is 0 Å². The molecule has 1 aliphatic heterocycles.